The summed E-state index contributed by atoms with van der Waals surface area (Å²) < 4.78 is 11.7. The third kappa shape index (κ3) is 4.12. The summed E-state index contributed by atoms with van der Waals surface area (Å²) in [6, 6.07) is 13.8. The lowest BCUT2D eigenvalue weighted by atomic mass is 10.1. The number of hydrogen-bond acceptors (Lipinski definition) is 5. The summed E-state index contributed by atoms with van der Waals surface area (Å²) in [6.45, 7) is 3.22. The highest BCUT2D eigenvalue weighted by atomic mass is 32.1. The molecule has 0 aliphatic rings. The Morgan fingerprint density at radius 2 is 1.88 bits per heavy atom. The molecule has 2 aromatic carbocycles. The van der Waals surface area contributed by atoms with Crippen molar-refractivity contribution in [2.24, 2.45) is 4.99 Å². The maximum Gasteiger partial charge on any atom is 0.143 e. The van der Waals surface area contributed by atoms with Crippen molar-refractivity contribution in [3.63, 3.8) is 0 Å². The second-order valence-corrected chi connectivity index (χ2v) is 6.62. The number of thiophene rings is 1. The number of ether oxygens (including phenoxy) is 2. The number of aromatic hydroxyl groups is 1. The molecule has 25 heavy (non-hydrogen) atoms. The minimum Gasteiger partial charge on any atom is -0.506 e. The molecule has 1 aromatic heterocycles. The standard InChI is InChI=1S/C20H21NO3S/c1-3-24-16-8-9-18-17(12-16)20(22)19(25-18)13-21-11-10-14-4-6-15(23-2)7-5-14/h4-9,12-13,22H,3,10-11H2,1-2H3. The molecule has 1 heterocycles. The zero-order chi connectivity index (χ0) is 17.6. The Morgan fingerprint density at radius 1 is 1.12 bits per heavy atom. The fourth-order valence-corrected chi connectivity index (χ4v) is 3.53. The van der Waals surface area contributed by atoms with Crippen molar-refractivity contribution < 1.29 is 14.6 Å². The molecule has 0 fully saturated rings. The number of nitrogens with zero attached hydrogens (tertiary/aromatic N) is 1. The fourth-order valence-electron chi connectivity index (χ4n) is 2.56. The number of benzene rings is 2. The van der Waals surface area contributed by atoms with E-state index >= 15 is 0 Å². The van der Waals surface area contributed by atoms with Gasteiger partial charge in [0.2, 0.25) is 0 Å². The van der Waals surface area contributed by atoms with Gasteiger partial charge in [-0.3, -0.25) is 4.99 Å². The van der Waals surface area contributed by atoms with E-state index in [9.17, 15) is 5.11 Å². The van der Waals surface area contributed by atoms with Crippen LogP contribution in [0.15, 0.2) is 47.5 Å². The van der Waals surface area contributed by atoms with E-state index in [1.807, 2.05) is 49.4 Å². The van der Waals surface area contributed by atoms with Crippen LogP contribution in [-0.2, 0) is 6.42 Å². The molecule has 0 unspecified atom stereocenters. The Hall–Kier alpha value is -2.53. The van der Waals surface area contributed by atoms with Gasteiger partial charge in [0.05, 0.1) is 18.6 Å². The first-order chi connectivity index (χ1) is 12.2. The van der Waals surface area contributed by atoms with E-state index in [2.05, 4.69) is 4.99 Å². The molecule has 0 amide bonds. The van der Waals surface area contributed by atoms with Crippen LogP contribution < -0.4 is 9.47 Å². The second kappa shape index (κ2) is 8.03. The summed E-state index contributed by atoms with van der Waals surface area (Å²) in [5.41, 5.74) is 1.21. The number of methoxy groups -OCH3 is 1. The van der Waals surface area contributed by atoms with E-state index in [4.69, 9.17) is 9.47 Å². The molecule has 0 radical (unpaired) electrons. The molecule has 5 heteroatoms. The van der Waals surface area contributed by atoms with Gasteiger partial charge in [-0.25, -0.2) is 0 Å². The van der Waals surface area contributed by atoms with Gasteiger partial charge in [-0.05, 0) is 49.2 Å². The second-order valence-electron chi connectivity index (χ2n) is 5.54. The maximum atomic E-state index is 10.4. The Labute approximate surface area is 151 Å². The van der Waals surface area contributed by atoms with Crippen molar-refractivity contribution in [3.8, 4) is 17.2 Å². The first-order valence-corrected chi connectivity index (χ1v) is 9.04. The van der Waals surface area contributed by atoms with E-state index in [0.29, 0.717) is 13.2 Å². The lowest BCUT2D eigenvalue weighted by Crippen LogP contribution is -1.91. The van der Waals surface area contributed by atoms with Gasteiger partial charge >= 0.3 is 0 Å². The molecule has 3 rings (SSSR count). The molecule has 0 saturated heterocycles. The molecule has 1 N–H and O–H groups in total. The van der Waals surface area contributed by atoms with Crippen molar-refractivity contribution in [1.82, 2.24) is 0 Å². The van der Waals surface area contributed by atoms with Crippen LogP contribution >= 0.6 is 11.3 Å². The predicted molar refractivity (Wildman–Crippen MR) is 104 cm³/mol. The Balaban J connectivity index is 1.67. The van der Waals surface area contributed by atoms with Crippen molar-refractivity contribution in [1.29, 1.82) is 0 Å². The first-order valence-electron chi connectivity index (χ1n) is 8.22. The molecule has 0 atom stereocenters. The lowest BCUT2D eigenvalue weighted by Gasteiger charge is -2.02. The highest BCUT2D eigenvalue weighted by Crippen LogP contribution is 2.37. The zero-order valence-electron chi connectivity index (χ0n) is 14.4. The van der Waals surface area contributed by atoms with Gasteiger partial charge < -0.3 is 14.6 Å². The summed E-state index contributed by atoms with van der Waals surface area (Å²) in [6.07, 6.45) is 2.60. The van der Waals surface area contributed by atoms with Crippen molar-refractivity contribution in [2.75, 3.05) is 20.3 Å². The van der Waals surface area contributed by atoms with Gasteiger partial charge in [-0.1, -0.05) is 12.1 Å². The van der Waals surface area contributed by atoms with Gasteiger partial charge in [-0.2, -0.15) is 0 Å². The van der Waals surface area contributed by atoms with E-state index in [-0.39, 0.29) is 5.75 Å². The topological polar surface area (TPSA) is 51.0 Å². The third-order valence-corrected chi connectivity index (χ3v) is 4.96. The number of hydrogen-bond donors (Lipinski definition) is 1. The van der Waals surface area contributed by atoms with E-state index in [1.165, 1.54) is 16.9 Å². The fraction of sp³-hybridized carbons (Fsp3) is 0.250. The molecule has 0 aliphatic carbocycles. The average Bonchev–Trinajstić information content (AvgIpc) is 2.95. The van der Waals surface area contributed by atoms with Crippen molar-refractivity contribution in [2.45, 2.75) is 13.3 Å². The minimum atomic E-state index is 0.273. The first kappa shape index (κ1) is 17.3. The van der Waals surface area contributed by atoms with Gasteiger partial charge in [0.25, 0.3) is 0 Å². The van der Waals surface area contributed by atoms with Crippen LogP contribution in [-0.4, -0.2) is 31.6 Å². The highest BCUT2D eigenvalue weighted by molar-refractivity contribution is 7.21. The average molecular weight is 355 g/mol. The molecular formula is C20H21NO3S. The van der Waals surface area contributed by atoms with Gasteiger partial charge in [0, 0.05) is 22.8 Å². The van der Waals surface area contributed by atoms with Crippen LogP contribution in [0.4, 0.5) is 0 Å². The molecular weight excluding hydrogens is 334 g/mol. The maximum absolute atomic E-state index is 10.4. The Kier molecular flexibility index (Phi) is 5.56. The number of rotatable bonds is 7. The molecule has 130 valence electrons. The van der Waals surface area contributed by atoms with Crippen LogP contribution in [0, 0.1) is 0 Å². The SMILES string of the molecule is CCOc1ccc2sc(C=NCCc3ccc(OC)cc3)c(O)c2c1. The molecule has 0 saturated carbocycles. The van der Waals surface area contributed by atoms with Crippen LogP contribution in [0.3, 0.4) is 0 Å². The zero-order valence-corrected chi connectivity index (χ0v) is 15.2. The number of fused-ring (bicyclic) bond motifs is 1. The van der Waals surface area contributed by atoms with Crippen molar-refractivity contribution in [3.05, 3.63) is 52.9 Å². The summed E-state index contributed by atoms with van der Waals surface area (Å²) in [7, 11) is 1.66. The summed E-state index contributed by atoms with van der Waals surface area (Å²) >= 11 is 1.53. The van der Waals surface area contributed by atoms with Gasteiger partial charge in [0.15, 0.2) is 0 Å². The molecule has 4 nitrogen and oxygen atoms in total. The van der Waals surface area contributed by atoms with E-state index < -0.39 is 0 Å². The third-order valence-electron chi connectivity index (χ3n) is 3.87. The van der Waals surface area contributed by atoms with Crippen LogP contribution in [0.25, 0.3) is 10.1 Å². The summed E-state index contributed by atoms with van der Waals surface area (Å²) in [4.78, 5) is 5.23. The minimum absolute atomic E-state index is 0.273. The van der Waals surface area contributed by atoms with Gasteiger partial charge in [0.1, 0.15) is 17.2 Å². The predicted octanol–water partition coefficient (Wildman–Crippen LogP) is 4.68. The molecule has 0 bridgehead atoms. The van der Waals surface area contributed by atoms with Crippen molar-refractivity contribution >= 4 is 27.6 Å². The summed E-state index contributed by atoms with van der Waals surface area (Å²) in [5.74, 6) is 1.90. The smallest absolute Gasteiger partial charge is 0.143 e. The van der Waals surface area contributed by atoms with Crippen LogP contribution in [0.1, 0.15) is 17.4 Å². The Bertz CT molecular complexity index is 869. The van der Waals surface area contributed by atoms with Gasteiger partial charge in [-0.15, -0.1) is 11.3 Å². The van der Waals surface area contributed by atoms with Crippen LogP contribution in [0.5, 0.6) is 17.2 Å². The normalized spacial score (nSPS) is 11.3. The number of aliphatic imine (C=N–C) groups is 1. The highest BCUT2D eigenvalue weighted by Gasteiger charge is 2.10. The van der Waals surface area contributed by atoms with Crippen LogP contribution in [0.2, 0.25) is 0 Å². The summed E-state index contributed by atoms with van der Waals surface area (Å²) in [5, 5.41) is 11.2. The lowest BCUT2D eigenvalue weighted by molar-refractivity contribution is 0.340. The Morgan fingerprint density at radius 3 is 2.60 bits per heavy atom. The molecule has 3 aromatic rings. The largest absolute Gasteiger partial charge is 0.506 e. The monoisotopic (exact) mass is 355 g/mol. The van der Waals surface area contributed by atoms with E-state index in [0.717, 1.165) is 32.9 Å². The quantitative estimate of drug-likeness (QED) is 0.626. The van der Waals surface area contributed by atoms with E-state index in [1.54, 1.807) is 13.3 Å². The molecule has 0 aliphatic heterocycles. The molecule has 0 spiro atoms.